The van der Waals surface area contributed by atoms with Crippen LogP contribution in [-0.2, 0) is 14.8 Å². The Morgan fingerprint density at radius 2 is 1.88 bits per heavy atom. The molecule has 2 atom stereocenters. The molecule has 0 spiro atoms. The van der Waals surface area contributed by atoms with E-state index < -0.39 is 14.9 Å². The van der Waals surface area contributed by atoms with Gasteiger partial charge in [-0.25, -0.2) is 13.1 Å². The van der Waals surface area contributed by atoms with E-state index in [1.807, 2.05) is 0 Å². The van der Waals surface area contributed by atoms with Gasteiger partial charge >= 0.3 is 0 Å². The Balaban J connectivity index is 0.00000338. The number of nitro groups is 1. The molecule has 2 rings (SSSR count). The fourth-order valence-electron chi connectivity index (χ4n) is 2.85. The van der Waals surface area contributed by atoms with Crippen molar-refractivity contribution in [2.75, 3.05) is 13.1 Å². The standard InChI is InChI=1S/C15H22N4O5S.ClH/c16-14-3-1-2-11(14)10-15(20)17-8-9-18-25(23,24)13-6-4-12(5-7-13)19(21)22;/h4-7,11,14,18H,1-3,8-10,16H2,(H,17,20);1H/t11-,14+;/m0./s1. The second-order valence-corrected chi connectivity index (χ2v) is 7.82. The van der Waals surface area contributed by atoms with Gasteiger partial charge in [-0.15, -0.1) is 12.4 Å². The van der Waals surface area contributed by atoms with Crippen molar-refractivity contribution < 1.29 is 18.1 Å². The summed E-state index contributed by atoms with van der Waals surface area (Å²) in [6.07, 6.45) is 3.28. The molecule has 146 valence electrons. The highest BCUT2D eigenvalue weighted by atomic mass is 35.5. The zero-order valence-corrected chi connectivity index (χ0v) is 15.7. The molecule has 0 unspecified atom stereocenters. The summed E-state index contributed by atoms with van der Waals surface area (Å²) in [4.78, 5) is 21.7. The number of carbonyl (C=O) groups is 1. The minimum atomic E-state index is -3.78. The molecular weight excluding hydrogens is 384 g/mol. The Morgan fingerprint density at radius 1 is 1.23 bits per heavy atom. The summed E-state index contributed by atoms with van der Waals surface area (Å²) >= 11 is 0. The zero-order valence-electron chi connectivity index (χ0n) is 14.1. The van der Waals surface area contributed by atoms with Gasteiger partial charge in [-0.3, -0.25) is 14.9 Å². The Labute approximate surface area is 158 Å². The molecule has 26 heavy (non-hydrogen) atoms. The molecule has 4 N–H and O–H groups in total. The smallest absolute Gasteiger partial charge is 0.269 e. The van der Waals surface area contributed by atoms with Gasteiger partial charge in [-0.1, -0.05) is 6.42 Å². The number of nitrogens with zero attached hydrogens (tertiary/aromatic N) is 1. The van der Waals surface area contributed by atoms with Crippen molar-refractivity contribution in [3.63, 3.8) is 0 Å². The van der Waals surface area contributed by atoms with Crippen molar-refractivity contribution in [2.45, 2.75) is 36.6 Å². The largest absolute Gasteiger partial charge is 0.355 e. The van der Waals surface area contributed by atoms with E-state index in [2.05, 4.69) is 10.0 Å². The first-order valence-electron chi connectivity index (χ1n) is 8.06. The maximum Gasteiger partial charge on any atom is 0.269 e. The molecule has 0 saturated heterocycles. The Hall–Kier alpha value is -1.75. The lowest BCUT2D eigenvalue weighted by atomic mass is 10.00. The minimum absolute atomic E-state index is 0. The number of rotatable bonds is 8. The van der Waals surface area contributed by atoms with E-state index in [1.54, 1.807) is 0 Å². The van der Waals surface area contributed by atoms with Gasteiger partial charge in [-0.2, -0.15) is 0 Å². The third-order valence-corrected chi connectivity index (χ3v) is 5.74. The van der Waals surface area contributed by atoms with Crippen molar-refractivity contribution in [1.82, 2.24) is 10.0 Å². The summed E-state index contributed by atoms with van der Waals surface area (Å²) < 4.78 is 26.5. The number of nitro benzene ring substituents is 1. The van der Waals surface area contributed by atoms with Crippen LogP contribution in [0.4, 0.5) is 5.69 Å². The lowest BCUT2D eigenvalue weighted by Crippen LogP contribution is -2.36. The van der Waals surface area contributed by atoms with E-state index in [0.29, 0.717) is 6.42 Å². The van der Waals surface area contributed by atoms with E-state index in [9.17, 15) is 23.3 Å². The third kappa shape index (κ3) is 6.20. The molecular formula is C15H23ClN4O5S. The number of halogens is 1. The molecule has 0 heterocycles. The molecule has 1 aromatic rings. The van der Waals surface area contributed by atoms with Crippen molar-refractivity contribution >= 4 is 34.0 Å². The molecule has 1 fully saturated rings. The highest BCUT2D eigenvalue weighted by Gasteiger charge is 2.25. The summed E-state index contributed by atoms with van der Waals surface area (Å²) in [6, 6.07) is 4.65. The molecule has 0 aromatic heterocycles. The Bertz CT molecular complexity index is 726. The molecule has 0 bridgehead atoms. The number of carbonyl (C=O) groups excluding carboxylic acids is 1. The SMILES string of the molecule is Cl.N[C@@H]1CCC[C@H]1CC(=O)NCCNS(=O)(=O)c1ccc([N+](=O)[O-])cc1. The molecule has 1 saturated carbocycles. The van der Waals surface area contributed by atoms with Crippen LogP contribution in [0.1, 0.15) is 25.7 Å². The predicted molar refractivity (Wildman–Crippen MR) is 98.5 cm³/mol. The molecule has 0 aliphatic heterocycles. The van der Waals surface area contributed by atoms with Gasteiger partial charge in [0.05, 0.1) is 9.82 Å². The molecule has 1 aliphatic carbocycles. The van der Waals surface area contributed by atoms with E-state index >= 15 is 0 Å². The van der Waals surface area contributed by atoms with Crippen molar-refractivity contribution in [2.24, 2.45) is 11.7 Å². The lowest BCUT2D eigenvalue weighted by Gasteiger charge is -2.14. The van der Waals surface area contributed by atoms with Gasteiger partial charge in [0.15, 0.2) is 0 Å². The molecule has 1 aromatic carbocycles. The highest BCUT2D eigenvalue weighted by molar-refractivity contribution is 7.89. The Kier molecular flexibility index (Phi) is 8.41. The number of sulfonamides is 1. The van der Waals surface area contributed by atoms with Gasteiger partial charge < -0.3 is 11.1 Å². The van der Waals surface area contributed by atoms with E-state index in [4.69, 9.17) is 5.73 Å². The molecule has 1 amide bonds. The van der Waals surface area contributed by atoms with E-state index in [1.165, 1.54) is 12.1 Å². The first-order valence-corrected chi connectivity index (χ1v) is 9.54. The van der Waals surface area contributed by atoms with Gasteiger partial charge in [0, 0.05) is 37.7 Å². The van der Waals surface area contributed by atoms with Crippen LogP contribution in [0.5, 0.6) is 0 Å². The first kappa shape index (κ1) is 22.3. The lowest BCUT2D eigenvalue weighted by molar-refractivity contribution is -0.384. The van der Waals surface area contributed by atoms with Crippen LogP contribution in [0, 0.1) is 16.0 Å². The van der Waals surface area contributed by atoms with Crippen LogP contribution < -0.4 is 15.8 Å². The van der Waals surface area contributed by atoms with Crippen molar-refractivity contribution in [3.05, 3.63) is 34.4 Å². The van der Waals surface area contributed by atoms with Crippen LogP contribution in [0.25, 0.3) is 0 Å². The zero-order chi connectivity index (χ0) is 18.4. The van der Waals surface area contributed by atoms with Gasteiger partial charge in [-0.05, 0) is 30.9 Å². The average Bonchev–Trinajstić information content (AvgIpc) is 2.96. The number of nitrogens with two attached hydrogens (primary N) is 1. The Morgan fingerprint density at radius 3 is 2.42 bits per heavy atom. The first-order chi connectivity index (χ1) is 11.8. The van der Waals surface area contributed by atoms with E-state index in [0.717, 1.165) is 31.4 Å². The van der Waals surface area contributed by atoms with E-state index in [-0.39, 0.29) is 53.9 Å². The van der Waals surface area contributed by atoms with Gasteiger partial charge in [0.2, 0.25) is 15.9 Å². The minimum Gasteiger partial charge on any atom is -0.355 e. The maximum absolute atomic E-state index is 12.1. The number of non-ortho nitro benzene ring substituents is 1. The van der Waals surface area contributed by atoms with Crippen LogP contribution in [-0.4, -0.2) is 38.4 Å². The topological polar surface area (TPSA) is 144 Å². The summed E-state index contributed by atoms with van der Waals surface area (Å²) in [5.74, 6) is 0.0497. The molecule has 0 radical (unpaired) electrons. The monoisotopic (exact) mass is 406 g/mol. The van der Waals surface area contributed by atoms with Crippen molar-refractivity contribution in [1.29, 1.82) is 0 Å². The molecule has 1 aliphatic rings. The number of hydrogen-bond donors (Lipinski definition) is 3. The second-order valence-electron chi connectivity index (χ2n) is 6.06. The summed E-state index contributed by atoms with van der Waals surface area (Å²) in [5.41, 5.74) is 5.74. The number of benzene rings is 1. The summed E-state index contributed by atoms with van der Waals surface area (Å²) in [7, 11) is -3.78. The summed E-state index contributed by atoms with van der Waals surface area (Å²) in [5, 5.41) is 13.2. The normalized spacial score (nSPS) is 19.6. The van der Waals surface area contributed by atoms with Crippen LogP contribution in [0.15, 0.2) is 29.2 Å². The number of hydrogen-bond acceptors (Lipinski definition) is 6. The quantitative estimate of drug-likeness (QED) is 0.332. The number of amides is 1. The van der Waals surface area contributed by atoms with Gasteiger partial charge in [0.25, 0.3) is 5.69 Å². The highest BCUT2D eigenvalue weighted by Crippen LogP contribution is 2.26. The van der Waals surface area contributed by atoms with Crippen LogP contribution in [0.2, 0.25) is 0 Å². The fraction of sp³-hybridized carbons (Fsp3) is 0.533. The maximum atomic E-state index is 12.1. The summed E-state index contributed by atoms with van der Waals surface area (Å²) in [6.45, 7) is 0.189. The van der Waals surface area contributed by atoms with Crippen LogP contribution in [0.3, 0.4) is 0 Å². The fourth-order valence-corrected chi connectivity index (χ4v) is 3.88. The molecule has 9 nitrogen and oxygen atoms in total. The van der Waals surface area contributed by atoms with Crippen LogP contribution >= 0.6 is 12.4 Å². The average molecular weight is 407 g/mol. The third-order valence-electron chi connectivity index (χ3n) is 4.26. The van der Waals surface area contributed by atoms with Crippen molar-refractivity contribution in [3.8, 4) is 0 Å². The molecule has 11 heteroatoms. The number of nitrogens with one attached hydrogen (secondary N) is 2. The van der Waals surface area contributed by atoms with Gasteiger partial charge in [0.1, 0.15) is 0 Å². The second kappa shape index (κ2) is 9.81. The predicted octanol–water partition coefficient (Wildman–Crippen LogP) is 0.929.